The van der Waals surface area contributed by atoms with Crippen LogP contribution in [-0.4, -0.2) is 77.2 Å². The van der Waals surface area contributed by atoms with Gasteiger partial charge in [0.1, 0.15) is 44.2 Å². The number of hydrogen-bond acceptors (Lipinski definition) is 22. The predicted molar refractivity (Wildman–Crippen MR) is 657 cm³/mol. The number of nitrogens with two attached hydrogens (primary N) is 2. The minimum absolute atomic E-state index is 0. The second-order valence-corrected chi connectivity index (χ2v) is 52.5. The molecule has 830 valence electrons. The van der Waals surface area contributed by atoms with Crippen LogP contribution >= 0.6 is 108 Å². The summed E-state index contributed by atoms with van der Waals surface area (Å²) in [5.41, 5.74) is 31.1. The molecule has 8 rings (SSSR count). The average molecular weight is 2210 g/mol. The monoisotopic (exact) mass is 2210 g/mol. The molecule has 0 unspecified atom stereocenters. The van der Waals surface area contributed by atoms with Crippen molar-refractivity contribution in [3.05, 3.63) is 199 Å². The van der Waals surface area contributed by atoms with Crippen molar-refractivity contribution in [3.63, 3.8) is 0 Å². The fourth-order valence-corrected chi connectivity index (χ4v) is 18.8. The van der Waals surface area contributed by atoms with E-state index < -0.39 is 58.5 Å². The number of nitrogen functional groups attached to an aromatic ring is 2. The molecule has 0 atom stereocenters. The Bertz CT molecular complexity index is 5520. The summed E-state index contributed by atoms with van der Waals surface area (Å²) in [6, 6.07) is 38.6. The number of thiol groups is 1. The van der Waals surface area contributed by atoms with Crippen molar-refractivity contribution in [1.82, 2.24) is 0 Å². The van der Waals surface area contributed by atoms with Crippen LogP contribution in [-0.2, 0) is 61.6 Å². The number of benzene rings is 8. The highest BCUT2D eigenvalue weighted by atomic mass is 35.5. The number of carbonyl (C=O) groups excluding carboxylic acids is 5. The van der Waals surface area contributed by atoms with Crippen LogP contribution in [0.4, 0.5) is 63.8 Å². The Hall–Kier alpha value is -8.79. The maximum atomic E-state index is 12.0. The molecule has 5 amide bonds. The highest BCUT2D eigenvalue weighted by Gasteiger charge is 2.31. The first-order chi connectivity index (χ1) is 64.3. The Morgan fingerprint density at radius 1 is 0.270 bits per heavy atom. The minimum Gasteiger partial charge on any atom is -0.444 e. The van der Waals surface area contributed by atoms with Gasteiger partial charge >= 0.3 is 30.5 Å². The van der Waals surface area contributed by atoms with Crippen LogP contribution in [0.3, 0.4) is 0 Å². The maximum Gasteiger partial charge on any atom is 0.412 e. The molecule has 0 aliphatic heterocycles. The van der Waals surface area contributed by atoms with Crippen LogP contribution in [0.5, 0.6) is 0 Å². The second kappa shape index (κ2) is 63.0. The Morgan fingerprint density at radius 3 is 0.622 bits per heavy atom. The smallest absolute Gasteiger partial charge is 0.412 e. The van der Waals surface area contributed by atoms with E-state index in [9.17, 15) is 24.0 Å². The molecule has 0 aliphatic rings. The Morgan fingerprint density at radius 2 is 0.439 bits per heavy atom. The molecule has 9 N–H and O–H groups in total. The van der Waals surface area contributed by atoms with Gasteiger partial charge in [0.25, 0.3) is 0 Å². The van der Waals surface area contributed by atoms with Gasteiger partial charge < -0.3 is 35.2 Å². The van der Waals surface area contributed by atoms with Gasteiger partial charge in [-0.1, -0.05) is 211 Å². The number of hydrogen-bond donors (Lipinski definition) is 8. The highest BCUT2D eigenvalue weighted by Crippen LogP contribution is 2.43. The van der Waals surface area contributed by atoms with Gasteiger partial charge in [0.2, 0.25) is 0 Å². The molecule has 29 heteroatoms. The summed E-state index contributed by atoms with van der Waals surface area (Å²) in [6.07, 6.45) is 4.04. The maximum absolute atomic E-state index is 12.0. The zero-order valence-electron chi connectivity index (χ0n) is 95.3. The molecule has 20 nitrogen and oxygen atoms in total. The number of nitriles is 3. The molecule has 0 heterocycles. The third kappa shape index (κ3) is 56.0. The predicted octanol–water partition coefficient (Wildman–Crippen LogP) is 38.5. The van der Waals surface area contributed by atoms with E-state index >= 15 is 0 Å². The zero-order chi connectivity index (χ0) is 110. The number of nitrogens with one attached hydrogen (secondary N) is 5. The lowest BCUT2D eigenvalue weighted by Crippen LogP contribution is -2.27. The second-order valence-electron chi connectivity index (χ2n) is 47.0. The lowest BCUT2D eigenvalue weighted by atomic mass is 9.86. The van der Waals surface area contributed by atoms with Gasteiger partial charge in [0.15, 0.2) is 0 Å². The van der Waals surface area contributed by atoms with Crippen molar-refractivity contribution in [1.29, 1.82) is 15.8 Å². The molecule has 0 spiro atoms. The first-order valence-corrected chi connectivity index (χ1v) is 53.9. The number of rotatable bonds is 11. The molecule has 0 aromatic heterocycles. The standard InChI is InChI=1S/2C17H24N2O2S.2C17H27NO2S.C16H25NO2S.C12H16N2S.C12H19NS.C7H8.4CH4.2ClH/c2*1-11-8-14(22-10-18)12(16(2,3)4)9-13(11)19-15(20)21-17(5,6)7;2*1-11-9-14(21-8)12(16(2,3)4)10-13(11)18-15(19)20-17(5,6)7;1-10-8-13(20)11(15(2,3)4)9-12(10)17-14(18)19-16(5,6)7;1-8-5-11(15-7-13)9(6-10(8)14)12(2,3)4;1-8-6-11(14-5)9(7-10(8)13)12(2,3)4;1-7-5-3-2-4-6-7;;;;;;/h2*8-9H,1-7H3,(H,19,20);2*9-10H,1-8H3,(H,18,19);8-9,20H,1-7H3,(H,17,18);5-6H,14H2,1-4H3;6-7H,13H2,1-5H3;2-6H,1H3;4*1H4;2*1H. The van der Waals surface area contributed by atoms with E-state index in [0.29, 0.717) is 11.4 Å². The molecular weight excluding hydrogens is 2020 g/mol. The van der Waals surface area contributed by atoms with Gasteiger partial charge in [-0.2, -0.15) is 15.8 Å². The number of thiocyanates is 3. The van der Waals surface area contributed by atoms with E-state index in [2.05, 4.69) is 282 Å². The summed E-state index contributed by atoms with van der Waals surface area (Å²) >= 11 is 13.3. The molecule has 8 aromatic rings. The van der Waals surface area contributed by atoms with Crippen LogP contribution in [0.15, 0.2) is 150 Å². The van der Waals surface area contributed by atoms with E-state index in [0.717, 1.165) is 127 Å². The highest BCUT2D eigenvalue weighted by molar-refractivity contribution is 8.04. The number of amides is 5. The Balaban J connectivity index is -0.000000392. The van der Waals surface area contributed by atoms with Crippen molar-refractivity contribution >= 4 is 178 Å². The van der Waals surface area contributed by atoms with Crippen LogP contribution in [0, 0.1) is 87.4 Å². The molecule has 0 bridgehead atoms. The summed E-state index contributed by atoms with van der Waals surface area (Å²) in [4.78, 5) is 67.3. The van der Waals surface area contributed by atoms with E-state index in [1.54, 1.807) is 35.3 Å². The lowest BCUT2D eigenvalue weighted by molar-refractivity contribution is 0.0624. The summed E-state index contributed by atoms with van der Waals surface area (Å²) in [5.74, 6) is 0. The summed E-state index contributed by atoms with van der Waals surface area (Å²) in [5, 5.41) is 47.2. The largest absolute Gasteiger partial charge is 0.444 e. The van der Waals surface area contributed by atoms with Crippen molar-refractivity contribution in [2.45, 2.75) is 435 Å². The molecular formula is C119H188Cl2N10O10S7. The number of anilines is 7. The first kappa shape index (κ1) is 150. The normalized spacial score (nSPS) is 11.2. The fourth-order valence-electron chi connectivity index (χ4n) is 13.1. The Kier molecular flexibility index (Phi) is 63.8. The number of aryl methyl sites for hydroxylation is 8. The lowest BCUT2D eigenvalue weighted by Gasteiger charge is -2.25. The van der Waals surface area contributed by atoms with Crippen LogP contribution in [0.1, 0.15) is 362 Å². The van der Waals surface area contributed by atoms with E-state index in [1.807, 2.05) is 212 Å². The molecule has 0 radical (unpaired) electrons. The molecule has 8 aromatic carbocycles. The van der Waals surface area contributed by atoms with E-state index in [4.69, 9.17) is 50.9 Å². The van der Waals surface area contributed by atoms with Crippen LogP contribution in [0.25, 0.3) is 0 Å². The molecule has 0 fully saturated rings. The quantitative estimate of drug-likeness (QED) is 0.0196. The van der Waals surface area contributed by atoms with Crippen LogP contribution < -0.4 is 38.1 Å². The molecule has 148 heavy (non-hydrogen) atoms. The minimum atomic E-state index is -0.540. The van der Waals surface area contributed by atoms with Crippen LogP contribution in [0.2, 0.25) is 0 Å². The van der Waals surface area contributed by atoms with Crippen molar-refractivity contribution in [3.8, 4) is 16.2 Å². The molecule has 0 saturated carbocycles. The van der Waals surface area contributed by atoms with Crippen molar-refractivity contribution < 1.29 is 47.7 Å². The van der Waals surface area contributed by atoms with Gasteiger partial charge in [-0.3, -0.25) is 26.6 Å². The molecule has 0 saturated heterocycles. The van der Waals surface area contributed by atoms with Gasteiger partial charge in [-0.25, -0.2) is 24.0 Å². The SMILES string of the molecule is C.C.C.C.CSc1cc(C)c(N)cc1C(C)(C)C.CSc1cc(C)c(NC(=O)OC(C)(C)C)cc1C(C)(C)C.CSc1cc(C)c(NC(=O)OC(C)(C)C)cc1C(C)(C)C.Cc1cc(S)c(C(C)(C)C)cc1NC(=O)OC(C)(C)C.Cc1cc(SC#N)c(C(C)(C)C)cc1N.Cc1cc(SC#N)c(C(C)(C)C)cc1NC(=O)OC(C)(C)C.Cc1cc(SC#N)c(C(C)(C)C)cc1NC(=O)OC(C)(C)C.Cc1ccccc1.Cl.Cl. The Labute approximate surface area is 940 Å². The van der Waals surface area contributed by atoms with Gasteiger partial charge in [0, 0.05) is 74.1 Å². The number of ether oxygens (including phenoxy) is 5. The van der Waals surface area contributed by atoms with Gasteiger partial charge in [-0.15, -0.1) is 72.7 Å². The number of thioether (sulfide) groups is 6. The van der Waals surface area contributed by atoms with Crippen molar-refractivity contribution in [2.24, 2.45) is 0 Å². The first-order valence-electron chi connectivity index (χ1n) is 47.3. The average Bonchev–Trinajstić information content (AvgIpc) is 0.812. The van der Waals surface area contributed by atoms with E-state index in [1.165, 1.54) is 54.3 Å². The molecule has 0 aliphatic carbocycles. The topological polar surface area (TPSA) is 315 Å². The van der Waals surface area contributed by atoms with Gasteiger partial charge in [0.05, 0.1) is 0 Å². The third-order valence-electron chi connectivity index (χ3n) is 20.3. The number of nitrogens with zero attached hydrogens (tertiary/aromatic N) is 3. The fraction of sp³-hybridized carbons (Fsp3) is 0.529. The summed E-state index contributed by atoms with van der Waals surface area (Å²) in [6.45, 7) is 88.4. The number of carbonyl (C=O) groups is 5. The zero-order valence-corrected chi connectivity index (χ0v) is 103. The summed E-state index contributed by atoms with van der Waals surface area (Å²) in [7, 11) is 0. The van der Waals surface area contributed by atoms with E-state index in [-0.39, 0.29) is 92.4 Å². The third-order valence-corrected chi connectivity index (χ3v) is 24.9. The van der Waals surface area contributed by atoms with Gasteiger partial charge in [-0.05, 0) is 414 Å². The summed E-state index contributed by atoms with van der Waals surface area (Å²) < 4.78 is 26.5. The number of halogens is 2. The van der Waals surface area contributed by atoms with Crippen molar-refractivity contribution in [2.75, 3.05) is 56.8 Å².